The van der Waals surface area contributed by atoms with Crippen molar-refractivity contribution < 1.29 is 84.4 Å². The molecule has 2 radical (unpaired) electrons. The molecule has 144 valence electrons. The summed E-state index contributed by atoms with van der Waals surface area (Å²) in [5.74, 6) is -4.33. The fraction of sp³-hybridized carbons (Fsp3) is 0.600. The second-order valence-corrected chi connectivity index (χ2v) is 2.54. The SMILES string of the molecule is CC(=O)[O-].CC(=O)[O-].CC(=O)[O-].CC(=O)[O-].NCCN.[Ag].[Ag]. The molecule has 0 aromatic rings. The molecule has 0 aliphatic carbocycles. The number of aliphatic carboxylic acids is 4. The topological polar surface area (TPSA) is 213 Å². The van der Waals surface area contributed by atoms with Crippen LogP contribution in [0, 0.1) is 0 Å². The first-order chi connectivity index (χ1) is 8.84. The zero-order chi connectivity index (χ0) is 17.7. The average Bonchev–Trinajstić information content (AvgIpc) is 2.13. The number of carboxylic acids is 4. The van der Waals surface area contributed by atoms with Gasteiger partial charge in [0.05, 0.1) is 0 Å². The van der Waals surface area contributed by atoms with Gasteiger partial charge in [0.25, 0.3) is 0 Å². The fourth-order valence-electron chi connectivity index (χ4n) is 0. The Morgan fingerprint density at radius 1 is 0.591 bits per heavy atom. The van der Waals surface area contributed by atoms with E-state index in [0.717, 1.165) is 27.7 Å². The third-order valence-corrected chi connectivity index (χ3v) is 0.167. The standard InChI is InChI=1S/C2H8N2.4C2H4O2.2Ag/c3-1-2-4;4*1-2(3)4;;/h1-4H2;4*1H3,(H,3,4);;/p-4. The Balaban J connectivity index is -0.0000000250. The summed E-state index contributed by atoms with van der Waals surface area (Å²) in [5, 5.41) is 35.6. The summed E-state index contributed by atoms with van der Waals surface area (Å²) < 4.78 is 0. The van der Waals surface area contributed by atoms with Gasteiger partial charge in [-0.3, -0.25) is 0 Å². The van der Waals surface area contributed by atoms with E-state index in [-0.39, 0.29) is 44.8 Å². The van der Waals surface area contributed by atoms with Gasteiger partial charge >= 0.3 is 0 Å². The number of rotatable bonds is 1. The normalized spacial score (nSPS) is 5.91. The van der Waals surface area contributed by atoms with Crippen LogP contribution in [0.25, 0.3) is 0 Å². The van der Waals surface area contributed by atoms with Gasteiger partial charge in [-0.1, -0.05) is 0 Å². The largest absolute Gasteiger partial charge is 0.550 e. The van der Waals surface area contributed by atoms with E-state index in [2.05, 4.69) is 0 Å². The first-order valence-corrected chi connectivity index (χ1v) is 4.95. The molecule has 4 N–H and O–H groups in total. The van der Waals surface area contributed by atoms with E-state index < -0.39 is 23.9 Å². The van der Waals surface area contributed by atoms with E-state index in [1.807, 2.05) is 0 Å². The molecule has 0 aliphatic rings. The van der Waals surface area contributed by atoms with Gasteiger partial charge in [-0.2, -0.15) is 0 Å². The summed E-state index contributed by atoms with van der Waals surface area (Å²) in [6.45, 7) is 5.08. The van der Waals surface area contributed by atoms with Gasteiger partial charge in [-0.05, 0) is 27.7 Å². The molecule has 0 heterocycles. The molecule has 0 saturated heterocycles. The second kappa shape index (κ2) is 42.7. The molecule has 22 heavy (non-hydrogen) atoms. The molecule has 0 fully saturated rings. The average molecular weight is 512 g/mol. The van der Waals surface area contributed by atoms with E-state index in [0.29, 0.717) is 13.1 Å². The Hall–Kier alpha value is -0.719. The molecule has 0 atom stereocenters. The predicted molar refractivity (Wildman–Crippen MR) is 60.8 cm³/mol. The van der Waals surface area contributed by atoms with Gasteiger partial charge in [0.1, 0.15) is 0 Å². The van der Waals surface area contributed by atoms with Crippen molar-refractivity contribution >= 4 is 23.9 Å². The van der Waals surface area contributed by atoms with Gasteiger partial charge in [0.15, 0.2) is 0 Å². The van der Waals surface area contributed by atoms with Gasteiger partial charge in [-0.25, -0.2) is 0 Å². The van der Waals surface area contributed by atoms with Crippen molar-refractivity contribution in [2.75, 3.05) is 13.1 Å². The fourth-order valence-corrected chi connectivity index (χ4v) is 0. The van der Waals surface area contributed by atoms with Crippen LogP contribution in [-0.4, -0.2) is 37.0 Å². The Kier molecular flexibility index (Phi) is 83.4. The Bertz CT molecular complexity index is 199. The van der Waals surface area contributed by atoms with Crippen LogP contribution in [0.15, 0.2) is 0 Å². The Morgan fingerprint density at radius 3 is 0.636 bits per heavy atom. The van der Waals surface area contributed by atoms with Crippen molar-refractivity contribution in [1.29, 1.82) is 0 Å². The molecule has 0 rings (SSSR count). The molecule has 0 saturated carbocycles. The van der Waals surface area contributed by atoms with Gasteiger partial charge in [0, 0.05) is 81.7 Å². The first kappa shape index (κ1) is 42.9. The maximum atomic E-state index is 8.89. The van der Waals surface area contributed by atoms with E-state index >= 15 is 0 Å². The number of carbonyl (C=O) groups excluding carboxylic acids is 4. The minimum atomic E-state index is -1.08. The van der Waals surface area contributed by atoms with Crippen LogP contribution in [0.4, 0.5) is 0 Å². The predicted octanol–water partition coefficient (Wildman–Crippen LogP) is -6.08. The van der Waals surface area contributed by atoms with Crippen molar-refractivity contribution in [3.63, 3.8) is 0 Å². The van der Waals surface area contributed by atoms with E-state index in [4.69, 9.17) is 51.1 Å². The molecule has 0 amide bonds. The number of hydrogen-bond acceptors (Lipinski definition) is 10. The van der Waals surface area contributed by atoms with Gasteiger partial charge in [-0.15, -0.1) is 0 Å². The van der Waals surface area contributed by atoms with Crippen LogP contribution in [0.1, 0.15) is 27.7 Å². The van der Waals surface area contributed by atoms with E-state index in [1.165, 1.54) is 0 Å². The minimum Gasteiger partial charge on any atom is -0.550 e. The summed E-state index contributed by atoms with van der Waals surface area (Å²) in [6.07, 6.45) is 0. The van der Waals surface area contributed by atoms with Crippen molar-refractivity contribution in [3.05, 3.63) is 0 Å². The molecule has 12 heteroatoms. The quantitative estimate of drug-likeness (QED) is 0.318. The monoisotopic (exact) mass is 510 g/mol. The molecule has 0 unspecified atom stereocenters. The van der Waals surface area contributed by atoms with Crippen molar-refractivity contribution in [2.24, 2.45) is 11.5 Å². The third-order valence-electron chi connectivity index (χ3n) is 0.167. The summed E-state index contributed by atoms with van der Waals surface area (Å²) in [7, 11) is 0. The summed E-state index contributed by atoms with van der Waals surface area (Å²) in [5.41, 5.74) is 9.81. The molecular formula is C10H20Ag2N2O8-4. The second-order valence-electron chi connectivity index (χ2n) is 2.54. The Morgan fingerprint density at radius 2 is 0.636 bits per heavy atom. The molecule has 0 bridgehead atoms. The smallest absolute Gasteiger partial charge is 0.0383 e. The van der Waals surface area contributed by atoms with E-state index in [9.17, 15) is 0 Å². The van der Waals surface area contributed by atoms with Crippen LogP contribution in [0.3, 0.4) is 0 Å². The molecular weight excluding hydrogens is 492 g/mol. The summed E-state index contributed by atoms with van der Waals surface area (Å²) in [6, 6.07) is 0. The van der Waals surface area contributed by atoms with Crippen LogP contribution >= 0.6 is 0 Å². The Labute approximate surface area is 160 Å². The van der Waals surface area contributed by atoms with Crippen molar-refractivity contribution in [2.45, 2.75) is 27.7 Å². The third kappa shape index (κ3) is 81900. The number of carboxylic acid groups (broad SMARTS) is 4. The number of carbonyl (C=O) groups is 4. The number of hydrogen-bond donors (Lipinski definition) is 2. The molecule has 0 aromatic carbocycles. The zero-order valence-corrected chi connectivity index (χ0v) is 15.4. The van der Waals surface area contributed by atoms with Crippen LogP contribution in [0.5, 0.6) is 0 Å². The number of nitrogens with two attached hydrogens (primary N) is 2. The molecule has 0 spiro atoms. The maximum absolute atomic E-state index is 8.89. The molecule has 0 aromatic heterocycles. The molecule has 10 nitrogen and oxygen atoms in total. The minimum absolute atomic E-state index is 0. The van der Waals surface area contributed by atoms with Crippen LogP contribution in [0.2, 0.25) is 0 Å². The zero-order valence-electron chi connectivity index (χ0n) is 12.4. The van der Waals surface area contributed by atoms with Crippen LogP contribution < -0.4 is 31.9 Å². The van der Waals surface area contributed by atoms with Crippen LogP contribution in [-0.2, 0) is 63.9 Å². The maximum Gasteiger partial charge on any atom is 0.0383 e. The summed E-state index contributed by atoms with van der Waals surface area (Å²) >= 11 is 0. The van der Waals surface area contributed by atoms with Gasteiger partial charge in [0.2, 0.25) is 0 Å². The summed E-state index contributed by atoms with van der Waals surface area (Å²) in [4.78, 5) is 35.6. The van der Waals surface area contributed by atoms with Crippen molar-refractivity contribution in [3.8, 4) is 0 Å². The first-order valence-electron chi connectivity index (χ1n) is 4.95. The van der Waals surface area contributed by atoms with Gasteiger partial charge < -0.3 is 51.1 Å². The van der Waals surface area contributed by atoms with E-state index in [1.54, 1.807) is 0 Å². The molecule has 0 aliphatic heterocycles. The van der Waals surface area contributed by atoms with Crippen molar-refractivity contribution in [1.82, 2.24) is 0 Å².